The number of aromatic amines is 1. The zero-order chi connectivity index (χ0) is 19.9. The minimum Gasteiger partial charge on any atom is -0.381 e. The highest BCUT2D eigenvalue weighted by molar-refractivity contribution is 7.90. The minimum absolute atomic E-state index is 0.126. The third-order valence-electron chi connectivity index (χ3n) is 4.69. The molecule has 10 heteroatoms. The van der Waals surface area contributed by atoms with Crippen molar-refractivity contribution in [2.75, 3.05) is 24.8 Å². The monoisotopic (exact) mass is 408 g/mol. The lowest BCUT2D eigenvalue weighted by molar-refractivity contribution is 0.142. The van der Waals surface area contributed by atoms with E-state index in [-0.39, 0.29) is 22.0 Å². The van der Waals surface area contributed by atoms with E-state index in [2.05, 4.69) is 20.3 Å². The van der Waals surface area contributed by atoms with Crippen molar-refractivity contribution in [1.29, 1.82) is 0 Å². The highest BCUT2D eigenvalue weighted by atomic mass is 32.2. The first-order chi connectivity index (χ1) is 13.3. The second-order valence-corrected chi connectivity index (χ2v) is 8.68. The Kier molecular flexibility index (Phi) is 4.76. The van der Waals surface area contributed by atoms with Crippen LogP contribution in [0.1, 0.15) is 30.2 Å². The fourth-order valence-corrected chi connectivity index (χ4v) is 4.15. The lowest BCUT2D eigenvalue weighted by atomic mass is 9.98. The molecule has 1 unspecified atom stereocenters. The number of imidazole rings is 1. The van der Waals surface area contributed by atoms with Crippen molar-refractivity contribution in [2.45, 2.75) is 23.7 Å². The van der Waals surface area contributed by atoms with E-state index in [9.17, 15) is 17.2 Å². The number of halogens is 2. The molecule has 0 aliphatic carbocycles. The number of aromatic nitrogens is 3. The number of H-pyrrole nitrogens is 1. The van der Waals surface area contributed by atoms with E-state index in [1.54, 1.807) is 18.2 Å². The Morgan fingerprint density at radius 2 is 2.11 bits per heavy atom. The first kappa shape index (κ1) is 18.8. The summed E-state index contributed by atoms with van der Waals surface area (Å²) in [6.45, 7) is 1.21. The number of hydrogen-bond donors (Lipinski definition) is 2. The second kappa shape index (κ2) is 7.10. The van der Waals surface area contributed by atoms with Crippen LogP contribution in [0.15, 0.2) is 35.4 Å². The fraction of sp³-hybridized carbons (Fsp3) is 0.333. The van der Waals surface area contributed by atoms with Crippen LogP contribution in [-0.4, -0.2) is 42.8 Å². The van der Waals surface area contributed by atoms with Gasteiger partial charge in [-0.25, -0.2) is 27.2 Å². The maximum Gasteiger partial charge on any atom is 0.295 e. The average molecular weight is 408 g/mol. The van der Waals surface area contributed by atoms with Crippen LogP contribution < -0.4 is 5.32 Å². The van der Waals surface area contributed by atoms with E-state index < -0.39 is 22.1 Å². The third kappa shape index (κ3) is 3.57. The van der Waals surface area contributed by atoms with Crippen molar-refractivity contribution >= 4 is 32.4 Å². The Morgan fingerprint density at radius 1 is 1.29 bits per heavy atom. The molecule has 1 atom stereocenters. The normalized spacial score (nSPS) is 17.5. The molecule has 148 valence electrons. The first-order valence-corrected chi connectivity index (χ1v) is 10.5. The van der Waals surface area contributed by atoms with Crippen LogP contribution in [0.5, 0.6) is 0 Å². The topological polar surface area (TPSA) is 97.0 Å². The Balaban J connectivity index is 1.76. The van der Waals surface area contributed by atoms with Crippen molar-refractivity contribution in [2.24, 2.45) is 0 Å². The van der Waals surface area contributed by atoms with Crippen LogP contribution in [0.25, 0.3) is 11.2 Å². The number of anilines is 2. The number of nitrogens with one attached hydrogen (secondary N) is 2. The largest absolute Gasteiger partial charge is 0.381 e. The van der Waals surface area contributed by atoms with Gasteiger partial charge in [0.05, 0.1) is 22.9 Å². The summed E-state index contributed by atoms with van der Waals surface area (Å²) in [6.07, 6.45) is 0.633. The highest BCUT2D eigenvalue weighted by Crippen LogP contribution is 2.33. The summed E-state index contributed by atoms with van der Waals surface area (Å²) in [4.78, 5) is 10.4. The van der Waals surface area contributed by atoms with Crippen molar-refractivity contribution in [3.63, 3.8) is 0 Å². The van der Waals surface area contributed by atoms with Gasteiger partial charge < -0.3 is 15.0 Å². The number of pyridine rings is 1. The molecule has 3 aromatic rings. The molecule has 0 amide bonds. The fourth-order valence-electron chi connectivity index (χ4n) is 3.28. The Morgan fingerprint density at radius 3 is 2.79 bits per heavy atom. The molecule has 0 radical (unpaired) electrons. The van der Waals surface area contributed by atoms with Gasteiger partial charge in [0.15, 0.2) is 21.3 Å². The number of ether oxygens (including phenoxy) is 1. The van der Waals surface area contributed by atoms with Crippen LogP contribution in [0, 0.1) is 0 Å². The van der Waals surface area contributed by atoms with Crippen molar-refractivity contribution in [3.05, 3.63) is 41.9 Å². The van der Waals surface area contributed by atoms with Gasteiger partial charge in [-0.1, -0.05) is 6.07 Å². The Hall–Kier alpha value is -2.59. The molecule has 3 heterocycles. The third-order valence-corrected chi connectivity index (χ3v) is 5.83. The molecule has 2 N–H and O–H groups in total. The highest BCUT2D eigenvalue weighted by Gasteiger charge is 2.22. The summed E-state index contributed by atoms with van der Waals surface area (Å²) in [5.74, 6) is -0.333. The van der Waals surface area contributed by atoms with Gasteiger partial charge in [0, 0.05) is 25.0 Å². The van der Waals surface area contributed by atoms with E-state index in [4.69, 9.17) is 4.74 Å². The maximum absolute atomic E-state index is 12.9. The number of fused-ring (bicyclic) bond motifs is 1. The van der Waals surface area contributed by atoms with Crippen molar-refractivity contribution in [1.82, 2.24) is 15.0 Å². The van der Waals surface area contributed by atoms with E-state index in [1.165, 1.54) is 6.20 Å². The summed E-state index contributed by atoms with van der Waals surface area (Å²) in [5, 5.41) is 3.03. The van der Waals surface area contributed by atoms with E-state index in [1.807, 2.05) is 6.07 Å². The molecule has 0 saturated carbocycles. The molecule has 1 saturated heterocycles. The van der Waals surface area contributed by atoms with Crippen molar-refractivity contribution < 1.29 is 21.9 Å². The van der Waals surface area contributed by atoms with E-state index in [0.717, 1.165) is 18.2 Å². The van der Waals surface area contributed by atoms with Gasteiger partial charge in [0.2, 0.25) is 0 Å². The number of benzene rings is 1. The molecular weight excluding hydrogens is 390 g/mol. The van der Waals surface area contributed by atoms with Crippen molar-refractivity contribution in [3.8, 4) is 0 Å². The summed E-state index contributed by atoms with van der Waals surface area (Å²) in [6, 6.07) is 6.75. The van der Waals surface area contributed by atoms with Crippen LogP contribution >= 0.6 is 0 Å². The van der Waals surface area contributed by atoms with Crippen LogP contribution in [0.4, 0.5) is 20.2 Å². The second-order valence-electron chi connectivity index (χ2n) is 6.69. The number of sulfone groups is 1. The quantitative estimate of drug-likeness (QED) is 0.670. The lowest BCUT2D eigenvalue weighted by Crippen LogP contribution is -2.06. The summed E-state index contributed by atoms with van der Waals surface area (Å²) < 4.78 is 56.0. The first-order valence-electron chi connectivity index (χ1n) is 8.64. The molecule has 4 rings (SSSR count). The Bertz CT molecular complexity index is 1130. The zero-order valence-electron chi connectivity index (χ0n) is 14.9. The van der Waals surface area contributed by atoms with E-state index in [0.29, 0.717) is 24.6 Å². The molecule has 1 fully saturated rings. The SMILES string of the molecule is CS(=O)(=O)c1cc(C2CCOC2)ccc1Nc1ccnc2nc(C(F)F)[nH]c12. The predicted octanol–water partition coefficient (Wildman–Crippen LogP) is 3.55. The molecule has 0 bridgehead atoms. The van der Waals surface area contributed by atoms with Crippen LogP contribution in [0.2, 0.25) is 0 Å². The van der Waals surface area contributed by atoms with Gasteiger partial charge in [0.25, 0.3) is 6.43 Å². The van der Waals surface area contributed by atoms with E-state index >= 15 is 0 Å². The van der Waals surface area contributed by atoms with Gasteiger partial charge in [-0.3, -0.25) is 0 Å². The van der Waals surface area contributed by atoms with Gasteiger partial charge in [-0.2, -0.15) is 0 Å². The van der Waals surface area contributed by atoms with Crippen LogP contribution in [0.3, 0.4) is 0 Å². The molecule has 1 aromatic carbocycles. The smallest absolute Gasteiger partial charge is 0.295 e. The molecule has 7 nitrogen and oxygen atoms in total. The maximum atomic E-state index is 12.9. The standard InChI is InChI=1S/C18H18F2N4O3S/c1-28(25,26)14-8-10(11-5-7-27-9-11)2-3-12(14)22-13-4-6-21-17-15(13)23-18(24-17)16(19)20/h2-4,6,8,11,16H,5,7,9H2,1H3,(H2,21,22,23,24). The molecule has 0 spiro atoms. The predicted molar refractivity (Wildman–Crippen MR) is 99.9 cm³/mol. The molecule has 1 aliphatic rings. The molecular formula is C18H18F2N4O3S. The van der Waals surface area contributed by atoms with Gasteiger partial charge in [-0.05, 0) is 30.2 Å². The minimum atomic E-state index is -3.53. The molecule has 1 aliphatic heterocycles. The summed E-state index contributed by atoms with van der Waals surface area (Å²) in [7, 11) is -3.53. The number of nitrogens with zero attached hydrogens (tertiary/aromatic N) is 2. The summed E-state index contributed by atoms with van der Waals surface area (Å²) >= 11 is 0. The van der Waals surface area contributed by atoms with Crippen LogP contribution in [-0.2, 0) is 14.6 Å². The zero-order valence-corrected chi connectivity index (χ0v) is 15.8. The van der Waals surface area contributed by atoms with Gasteiger partial charge >= 0.3 is 0 Å². The average Bonchev–Trinajstić information content (AvgIpc) is 3.31. The Labute approximate surface area is 160 Å². The summed E-state index contributed by atoms with van der Waals surface area (Å²) in [5.41, 5.74) is 2.06. The lowest BCUT2D eigenvalue weighted by Gasteiger charge is -2.15. The van der Waals surface area contributed by atoms with Gasteiger partial charge in [-0.15, -0.1) is 0 Å². The molecule has 2 aromatic heterocycles. The van der Waals surface area contributed by atoms with Gasteiger partial charge in [0.1, 0.15) is 5.52 Å². The number of rotatable bonds is 5. The molecule has 28 heavy (non-hydrogen) atoms. The number of alkyl halides is 2. The number of hydrogen-bond acceptors (Lipinski definition) is 6.